The zero-order chi connectivity index (χ0) is 27.5. The van der Waals surface area contributed by atoms with E-state index >= 15 is 0 Å². The van der Waals surface area contributed by atoms with Crippen molar-refractivity contribution in [3.8, 4) is 0 Å². The zero-order valence-corrected chi connectivity index (χ0v) is 22.1. The predicted octanol–water partition coefficient (Wildman–Crippen LogP) is 5.33. The van der Waals surface area contributed by atoms with Crippen LogP contribution in [0.15, 0.2) is 49.0 Å². The van der Waals surface area contributed by atoms with Gasteiger partial charge in [-0.1, -0.05) is 30.4 Å². The molecule has 2 aromatic carbocycles. The summed E-state index contributed by atoms with van der Waals surface area (Å²) in [5, 5.41) is 14.0. The minimum Gasteiger partial charge on any atom is -0.444 e. The van der Waals surface area contributed by atoms with E-state index in [1.807, 2.05) is 31.2 Å². The number of rotatable bonds is 9. The molecule has 200 valence electrons. The molecule has 3 rings (SSSR count). The third-order valence-corrected chi connectivity index (χ3v) is 6.35. The monoisotopic (exact) mass is 514 g/mol. The molecular formula is C29H36F2N2O4. The lowest BCUT2D eigenvalue weighted by molar-refractivity contribution is -0.120. The molecule has 1 aliphatic rings. The maximum Gasteiger partial charge on any atom is 0.411 e. The Morgan fingerprint density at radius 3 is 2.27 bits per heavy atom. The number of benzene rings is 2. The van der Waals surface area contributed by atoms with Crippen LogP contribution in [0.1, 0.15) is 64.2 Å². The molecule has 0 bridgehead atoms. The second-order valence-electron chi connectivity index (χ2n) is 10.8. The number of carbonyl (C=O) groups excluding carboxylic acids is 2. The Hall–Kier alpha value is -3.26. The summed E-state index contributed by atoms with van der Waals surface area (Å²) in [5.74, 6) is -1.92. The minimum absolute atomic E-state index is 0.0320. The molecule has 0 heterocycles. The summed E-state index contributed by atoms with van der Waals surface area (Å²) in [6, 6.07) is 9.93. The first-order valence-electron chi connectivity index (χ1n) is 12.4. The lowest BCUT2D eigenvalue weighted by atomic mass is 9.96. The van der Waals surface area contributed by atoms with Gasteiger partial charge in [0.15, 0.2) is 0 Å². The Labute approximate surface area is 217 Å². The van der Waals surface area contributed by atoms with E-state index < -0.39 is 46.9 Å². The number of hydrogen-bond acceptors (Lipinski definition) is 4. The van der Waals surface area contributed by atoms with Crippen LogP contribution in [-0.2, 0) is 21.5 Å². The van der Waals surface area contributed by atoms with Gasteiger partial charge in [-0.25, -0.2) is 13.6 Å². The topological polar surface area (TPSA) is 78.9 Å². The first-order chi connectivity index (χ1) is 17.2. The fourth-order valence-electron chi connectivity index (χ4n) is 4.49. The molecule has 0 aliphatic heterocycles. The smallest absolute Gasteiger partial charge is 0.411 e. The van der Waals surface area contributed by atoms with Gasteiger partial charge in [0.1, 0.15) is 17.2 Å². The van der Waals surface area contributed by atoms with Crippen molar-refractivity contribution in [2.75, 3.05) is 6.54 Å². The van der Waals surface area contributed by atoms with Crippen molar-refractivity contribution in [3.05, 3.63) is 77.4 Å². The van der Waals surface area contributed by atoms with Crippen LogP contribution in [0.25, 0.3) is 5.57 Å². The van der Waals surface area contributed by atoms with Crippen LogP contribution in [0, 0.1) is 11.6 Å². The normalized spacial score (nSPS) is 15.9. The van der Waals surface area contributed by atoms with Gasteiger partial charge in [0.25, 0.3) is 0 Å². The van der Waals surface area contributed by atoms with Crippen molar-refractivity contribution in [2.45, 2.75) is 77.2 Å². The summed E-state index contributed by atoms with van der Waals surface area (Å²) >= 11 is 0. The number of carbonyl (C=O) groups is 2. The summed E-state index contributed by atoms with van der Waals surface area (Å²) in [7, 11) is 0. The number of nitrogens with one attached hydrogen (secondary N) is 1. The number of amides is 2. The van der Waals surface area contributed by atoms with E-state index in [2.05, 4.69) is 11.9 Å². The molecule has 0 saturated heterocycles. The number of halogens is 2. The molecular weight excluding hydrogens is 478 g/mol. The summed E-state index contributed by atoms with van der Waals surface area (Å²) < 4.78 is 33.3. The molecule has 8 heteroatoms. The van der Waals surface area contributed by atoms with Crippen molar-refractivity contribution in [2.24, 2.45) is 0 Å². The van der Waals surface area contributed by atoms with Crippen molar-refractivity contribution in [3.63, 3.8) is 0 Å². The van der Waals surface area contributed by atoms with E-state index in [9.17, 15) is 23.5 Å². The fraction of sp³-hybridized carbons (Fsp3) is 0.448. The molecule has 2 atom stereocenters. The predicted molar refractivity (Wildman–Crippen MR) is 139 cm³/mol. The standard InChI is InChI=1S/C29H36F2N2O4/c1-18(2)21-8-7-9-22(15-21)29(10-11-29)33(27(36)37-28(4,5)6)17-26(35)25(32-19(3)34)14-20-12-23(30)16-24(31)13-20/h7-9,12-13,15-16,25-26,35H,1,10-11,14,17H2,2-6H3,(H,32,34)/t25-,26?/m0/s1. The largest absolute Gasteiger partial charge is 0.444 e. The van der Waals surface area contributed by atoms with E-state index in [0.717, 1.165) is 34.9 Å². The maximum atomic E-state index is 13.8. The summed E-state index contributed by atoms with van der Waals surface area (Å²) in [6.07, 6.45) is -0.542. The average molecular weight is 515 g/mol. The van der Waals surface area contributed by atoms with Gasteiger partial charge in [-0.15, -0.1) is 0 Å². The van der Waals surface area contributed by atoms with Crippen molar-refractivity contribution >= 4 is 17.6 Å². The minimum atomic E-state index is -1.25. The maximum absolute atomic E-state index is 13.8. The molecule has 6 nitrogen and oxygen atoms in total. The molecule has 2 amide bonds. The summed E-state index contributed by atoms with van der Waals surface area (Å²) in [4.78, 5) is 26.9. The van der Waals surface area contributed by atoms with Crippen LogP contribution in [-0.4, -0.2) is 46.3 Å². The first-order valence-corrected chi connectivity index (χ1v) is 12.4. The number of aliphatic hydroxyl groups is 1. The SMILES string of the molecule is C=C(C)c1cccc(C2(N(CC(O)[C@H](Cc3cc(F)cc(F)c3)NC(C)=O)C(=O)OC(C)(C)C)CC2)c1. The van der Waals surface area contributed by atoms with Crippen LogP contribution < -0.4 is 5.32 Å². The van der Waals surface area contributed by atoms with Gasteiger partial charge in [0, 0.05) is 13.0 Å². The third kappa shape index (κ3) is 7.38. The molecule has 1 fully saturated rings. The summed E-state index contributed by atoms with van der Waals surface area (Å²) in [6.45, 7) is 12.3. The average Bonchev–Trinajstić information content (AvgIpc) is 3.56. The first kappa shape index (κ1) is 28.3. The van der Waals surface area contributed by atoms with Crippen LogP contribution in [0.4, 0.5) is 13.6 Å². The lowest BCUT2D eigenvalue weighted by Gasteiger charge is -2.37. The van der Waals surface area contributed by atoms with Crippen LogP contribution in [0.2, 0.25) is 0 Å². The van der Waals surface area contributed by atoms with Crippen LogP contribution >= 0.6 is 0 Å². The van der Waals surface area contributed by atoms with Crippen LogP contribution in [0.5, 0.6) is 0 Å². The number of ether oxygens (including phenoxy) is 1. The highest BCUT2D eigenvalue weighted by molar-refractivity contribution is 5.73. The number of aliphatic hydroxyl groups excluding tert-OH is 1. The van der Waals surface area contributed by atoms with Gasteiger partial charge in [0.05, 0.1) is 24.2 Å². The third-order valence-electron chi connectivity index (χ3n) is 6.35. The molecule has 0 aromatic heterocycles. The van der Waals surface area contributed by atoms with Crippen molar-refractivity contribution in [1.29, 1.82) is 0 Å². The zero-order valence-electron chi connectivity index (χ0n) is 22.1. The molecule has 0 spiro atoms. The Morgan fingerprint density at radius 2 is 1.76 bits per heavy atom. The van der Waals surface area contributed by atoms with Crippen molar-refractivity contribution < 1.29 is 28.2 Å². The Balaban J connectivity index is 1.95. The highest BCUT2D eigenvalue weighted by atomic mass is 19.1. The second-order valence-corrected chi connectivity index (χ2v) is 10.8. The van der Waals surface area contributed by atoms with Gasteiger partial charge in [-0.3, -0.25) is 9.69 Å². The Morgan fingerprint density at radius 1 is 1.14 bits per heavy atom. The van der Waals surface area contributed by atoms with E-state index in [-0.39, 0.29) is 18.5 Å². The van der Waals surface area contributed by atoms with Gasteiger partial charge < -0.3 is 15.2 Å². The second kappa shape index (κ2) is 11.0. The highest BCUT2D eigenvalue weighted by Gasteiger charge is 2.53. The quantitative estimate of drug-likeness (QED) is 0.474. The lowest BCUT2D eigenvalue weighted by Crippen LogP contribution is -2.53. The van der Waals surface area contributed by atoms with Gasteiger partial charge in [0.2, 0.25) is 5.91 Å². The molecule has 1 saturated carbocycles. The Bertz CT molecular complexity index is 1150. The van der Waals surface area contributed by atoms with E-state index in [4.69, 9.17) is 4.74 Å². The molecule has 1 unspecified atom stereocenters. The number of nitrogens with zero attached hydrogens (tertiary/aromatic N) is 1. The Kier molecular flexibility index (Phi) is 8.42. The molecule has 2 aromatic rings. The molecule has 1 aliphatic carbocycles. The van der Waals surface area contributed by atoms with E-state index in [1.165, 1.54) is 11.8 Å². The highest BCUT2D eigenvalue weighted by Crippen LogP contribution is 2.52. The van der Waals surface area contributed by atoms with E-state index in [1.54, 1.807) is 20.8 Å². The fourth-order valence-corrected chi connectivity index (χ4v) is 4.49. The number of hydrogen-bond donors (Lipinski definition) is 2. The molecule has 37 heavy (non-hydrogen) atoms. The summed E-state index contributed by atoms with van der Waals surface area (Å²) in [5.41, 5.74) is 1.53. The van der Waals surface area contributed by atoms with Gasteiger partial charge >= 0.3 is 6.09 Å². The molecule has 2 N–H and O–H groups in total. The number of allylic oxidation sites excluding steroid dienone is 1. The van der Waals surface area contributed by atoms with Crippen molar-refractivity contribution in [1.82, 2.24) is 10.2 Å². The van der Waals surface area contributed by atoms with Gasteiger partial charge in [-0.2, -0.15) is 0 Å². The van der Waals surface area contributed by atoms with E-state index in [0.29, 0.717) is 12.8 Å². The molecule has 0 radical (unpaired) electrons. The van der Waals surface area contributed by atoms with Crippen LogP contribution in [0.3, 0.4) is 0 Å². The van der Waals surface area contributed by atoms with Gasteiger partial charge in [-0.05, 0) is 81.8 Å².